The molecule has 0 heterocycles. The first-order chi connectivity index (χ1) is 4.16. The fourth-order valence-corrected chi connectivity index (χ4v) is 0.924. The minimum absolute atomic E-state index is 0.0276. The van der Waals surface area contributed by atoms with Crippen LogP contribution in [0.25, 0.3) is 0 Å². The zero-order valence-corrected chi connectivity index (χ0v) is 6.85. The highest BCUT2D eigenvalue weighted by Crippen LogP contribution is 2.24. The van der Waals surface area contributed by atoms with Gasteiger partial charge >= 0.3 is 8.25 Å². The maximum absolute atomic E-state index is 10.6. The third kappa shape index (κ3) is 5.90. The first-order valence-corrected chi connectivity index (χ1v) is 4.03. The fourth-order valence-electron chi connectivity index (χ4n) is 0.308. The van der Waals surface area contributed by atoms with Gasteiger partial charge in [-0.1, -0.05) is 0 Å². The Labute approximate surface area is 56.3 Å². The fraction of sp³-hybridized carbons (Fsp3) is 1.00. The molecule has 0 spiro atoms. The van der Waals surface area contributed by atoms with Crippen LogP contribution in [0.5, 0.6) is 0 Å². The van der Waals surface area contributed by atoms with Gasteiger partial charge in [-0.3, -0.25) is 0 Å². The van der Waals surface area contributed by atoms with Crippen molar-refractivity contribution in [1.29, 1.82) is 0 Å². The van der Waals surface area contributed by atoms with Gasteiger partial charge < -0.3 is 0 Å². The Hall–Kier alpha value is 0.0200. The average molecular weight is 151 g/mol. The molecule has 0 aliphatic rings. The predicted molar refractivity (Wildman–Crippen MR) is 35.5 cm³/mol. The molecule has 1 unspecified atom stereocenters. The highest BCUT2D eigenvalue weighted by Gasteiger charge is 2.20. The molecule has 0 rings (SSSR count). The molecule has 0 saturated carbocycles. The third-order valence-corrected chi connectivity index (χ3v) is 1.59. The van der Waals surface area contributed by atoms with Gasteiger partial charge in [-0.25, -0.2) is 0 Å². The van der Waals surface area contributed by atoms with Crippen molar-refractivity contribution >= 4 is 8.25 Å². The summed E-state index contributed by atoms with van der Waals surface area (Å²) in [4.78, 5) is 0. The van der Waals surface area contributed by atoms with Crippen molar-refractivity contribution in [3.8, 4) is 0 Å². The molecular formula is C5H12O3P+. The van der Waals surface area contributed by atoms with Gasteiger partial charge in [-0.2, -0.15) is 0 Å². The van der Waals surface area contributed by atoms with E-state index in [1.165, 1.54) is 0 Å². The Balaban J connectivity index is 3.27. The van der Waals surface area contributed by atoms with Gasteiger partial charge in [0.25, 0.3) is 0 Å². The van der Waals surface area contributed by atoms with Gasteiger partial charge in [-0.15, -0.1) is 9.05 Å². The summed E-state index contributed by atoms with van der Waals surface area (Å²) >= 11 is 0. The highest BCUT2D eigenvalue weighted by molar-refractivity contribution is 7.33. The maximum atomic E-state index is 10.6. The second-order valence-corrected chi connectivity index (χ2v) is 2.71. The Kier molecular flexibility index (Phi) is 4.87. The lowest BCUT2D eigenvalue weighted by Gasteiger charge is -1.89. The minimum atomic E-state index is -1.87. The molecule has 0 aromatic rings. The summed E-state index contributed by atoms with van der Waals surface area (Å²) in [6.45, 7) is 5.83. The van der Waals surface area contributed by atoms with E-state index in [1.807, 2.05) is 13.8 Å². The summed E-state index contributed by atoms with van der Waals surface area (Å²) in [5.74, 6) is 0. The highest BCUT2D eigenvalue weighted by atomic mass is 31.1. The van der Waals surface area contributed by atoms with E-state index in [0.29, 0.717) is 6.61 Å². The zero-order valence-electron chi connectivity index (χ0n) is 5.96. The van der Waals surface area contributed by atoms with Gasteiger partial charge in [0.1, 0.15) is 12.7 Å². The van der Waals surface area contributed by atoms with E-state index < -0.39 is 8.25 Å². The van der Waals surface area contributed by atoms with Crippen LogP contribution >= 0.6 is 8.25 Å². The molecule has 0 bridgehead atoms. The van der Waals surface area contributed by atoms with E-state index >= 15 is 0 Å². The summed E-state index contributed by atoms with van der Waals surface area (Å²) in [6, 6.07) is 0. The van der Waals surface area contributed by atoms with Crippen molar-refractivity contribution < 1.29 is 13.6 Å². The van der Waals surface area contributed by atoms with E-state index in [9.17, 15) is 4.57 Å². The summed E-state index contributed by atoms with van der Waals surface area (Å²) in [5, 5.41) is 0. The topological polar surface area (TPSA) is 35.5 Å². The van der Waals surface area contributed by atoms with Crippen LogP contribution in [0.1, 0.15) is 20.8 Å². The first-order valence-electron chi connectivity index (χ1n) is 2.93. The van der Waals surface area contributed by atoms with Crippen molar-refractivity contribution in [2.75, 3.05) is 6.61 Å². The van der Waals surface area contributed by atoms with Crippen LogP contribution in [-0.4, -0.2) is 12.7 Å². The van der Waals surface area contributed by atoms with E-state index in [4.69, 9.17) is 4.52 Å². The van der Waals surface area contributed by atoms with E-state index in [-0.39, 0.29) is 6.10 Å². The molecule has 0 aromatic carbocycles. The minimum Gasteiger partial charge on any atom is -0.119 e. The number of rotatable bonds is 4. The monoisotopic (exact) mass is 151 g/mol. The zero-order chi connectivity index (χ0) is 7.28. The molecule has 54 valence electrons. The molecule has 0 radical (unpaired) electrons. The molecule has 0 amide bonds. The maximum Gasteiger partial charge on any atom is 0.697 e. The van der Waals surface area contributed by atoms with Crippen LogP contribution in [0.4, 0.5) is 0 Å². The van der Waals surface area contributed by atoms with Crippen LogP contribution in [-0.2, 0) is 13.6 Å². The Morgan fingerprint density at radius 1 is 1.56 bits per heavy atom. The Bertz CT molecular complexity index is 92.2. The molecule has 3 nitrogen and oxygen atoms in total. The largest absolute Gasteiger partial charge is 0.697 e. The van der Waals surface area contributed by atoms with E-state index in [1.54, 1.807) is 6.92 Å². The van der Waals surface area contributed by atoms with Crippen LogP contribution in [0.15, 0.2) is 0 Å². The van der Waals surface area contributed by atoms with Crippen LogP contribution in [0.2, 0.25) is 0 Å². The lowest BCUT2D eigenvalue weighted by Crippen LogP contribution is -1.95. The summed E-state index contributed by atoms with van der Waals surface area (Å²) in [6.07, 6.45) is -0.0276. The van der Waals surface area contributed by atoms with Crippen LogP contribution in [0, 0.1) is 0 Å². The number of hydrogen-bond donors (Lipinski definition) is 0. The van der Waals surface area contributed by atoms with Gasteiger partial charge in [-0.05, 0) is 20.8 Å². The molecule has 0 aliphatic carbocycles. The molecule has 0 N–H and O–H groups in total. The molecule has 0 saturated heterocycles. The first kappa shape index (κ1) is 9.02. The molecule has 1 atom stereocenters. The van der Waals surface area contributed by atoms with E-state index in [2.05, 4.69) is 4.52 Å². The molecule has 9 heavy (non-hydrogen) atoms. The molecule has 0 aliphatic heterocycles. The van der Waals surface area contributed by atoms with Crippen molar-refractivity contribution in [1.82, 2.24) is 0 Å². The normalized spacial score (nSPS) is 12.2. The van der Waals surface area contributed by atoms with Crippen LogP contribution in [0.3, 0.4) is 0 Å². The summed E-state index contributed by atoms with van der Waals surface area (Å²) in [7, 11) is -1.87. The second kappa shape index (κ2) is 4.86. The molecule has 0 fully saturated rings. The Morgan fingerprint density at radius 2 is 2.11 bits per heavy atom. The van der Waals surface area contributed by atoms with Crippen molar-refractivity contribution in [3.63, 3.8) is 0 Å². The summed E-state index contributed by atoms with van der Waals surface area (Å²) in [5.41, 5.74) is 0. The third-order valence-electron chi connectivity index (χ3n) is 0.531. The standard InChI is InChI=1S/C5H12O3P/c1-4-7-9(6)8-5(2)3/h5H,4H2,1-3H3/q+1. The average Bonchev–Trinajstić information content (AvgIpc) is 1.63. The van der Waals surface area contributed by atoms with Crippen LogP contribution < -0.4 is 0 Å². The van der Waals surface area contributed by atoms with Gasteiger partial charge in [0.15, 0.2) is 0 Å². The molecule has 4 heteroatoms. The smallest absolute Gasteiger partial charge is 0.119 e. The second-order valence-electron chi connectivity index (χ2n) is 1.80. The van der Waals surface area contributed by atoms with Crippen molar-refractivity contribution in [2.24, 2.45) is 0 Å². The predicted octanol–water partition coefficient (Wildman–Crippen LogP) is 2.11. The van der Waals surface area contributed by atoms with Gasteiger partial charge in [0.05, 0.1) is 0 Å². The van der Waals surface area contributed by atoms with Crippen molar-refractivity contribution in [2.45, 2.75) is 26.9 Å². The van der Waals surface area contributed by atoms with Crippen molar-refractivity contribution in [3.05, 3.63) is 0 Å². The lowest BCUT2D eigenvalue weighted by atomic mass is 10.5. The molecular weight excluding hydrogens is 139 g/mol. The number of hydrogen-bond acceptors (Lipinski definition) is 3. The lowest BCUT2D eigenvalue weighted by molar-refractivity contribution is 0.192. The summed E-state index contributed by atoms with van der Waals surface area (Å²) < 4.78 is 20.0. The Morgan fingerprint density at radius 3 is 2.44 bits per heavy atom. The van der Waals surface area contributed by atoms with Gasteiger partial charge in [0, 0.05) is 4.57 Å². The quantitative estimate of drug-likeness (QED) is 0.577. The SMILES string of the molecule is CCO[P+](=O)OC(C)C. The van der Waals surface area contributed by atoms with E-state index in [0.717, 1.165) is 0 Å². The van der Waals surface area contributed by atoms with Gasteiger partial charge in [0.2, 0.25) is 0 Å². The molecule has 0 aromatic heterocycles.